The van der Waals surface area contributed by atoms with E-state index in [1.807, 2.05) is 54.6 Å². The molecule has 0 aliphatic rings. The van der Waals surface area contributed by atoms with Crippen LogP contribution in [0.2, 0.25) is 0 Å². The highest BCUT2D eigenvalue weighted by atomic mass is 16.7. The lowest BCUT2D eigenvalue weighted by atomic mass is 9.96. The number of fused-ring (bicyclic) bond motifs is 1. The number of hydrogen-bond donors (Lipinski definition) is 0. The first-order valence-corrected chi connectivity index (χ1v) is 7.03. The van der Waals surface area contributed by atoms with E-state index in [1.54, 1.807) is 13.2 Å². The molecule has 0 fully saturated rings. The minimum absolute atomic E-state index is 0.100. The molecule has 0 aromatic heterocycles. The van der Waals surface area contributed by atoms with E-state index in [-0.39, 0.29) is 6.79 Å². The van der Waals surface area contributed by atoms with Crippen LogP contribution in [0.15, 0.2) is 60.7 Å². The van der Waals surface area contributed by atoms with Crippen LogP contribution in [0.4, 0.5) is 0 Å². The number of aldehydes is 1. The lowest BCUT2D eigenvalue weighted by Crippen LogP contribution is -2.02. The van der Waals surface area contributed by atoms with Gasteiger partial charge in [-0.15, -0.1) is 0 Å². The van der Waals surface area contributed by atoms with Crippen molar-refractivity contribution >= 4 is 17.1 Å². The summed E-state index contributed by atoms with van der Waals surface area (Å²) in [5.41, 5.74) is 2.64. The molecule has 110 valence electrons. The first-order valence-electron chi connectivity index (χ1n) is 7.03. The van der Waals surface area contributed by atoms with Crippen molar-refractivity contribution in [3.63, 3.8) is 0 Å². The van der Waals surface area contributed by atoms with Gasteiger partial charge in [0, 0.05) is 12.5 Å². The third-order valence-electron chi connectivity index (χ3n) is 3.56. The van der Waals surface area contributed by atoms with Crippen molar-refractivity contribution in [2.24, 2.45) is 0 Å². The maximum Gasteiger partial charge on any atom is 0.188 e. The van der Waals surface area contributed by atoms with Crippen molar-refractivity contribution in [3.8, 4) is 16.9 Å². The third kappa shape index (κ3) is 2.59. The smallest absolute Gasteiger partial charge is 0.188 e. The molecule has 3 aromatic rings. The quantitative estimate of drug-likeness (QED) is 0.519. The van der Waals surface area contributed by atoms with Gasteiger partial charge in [0.15, 0.2) is 13.1 Å². The zero-order valence-electron chi connectivity index (χ0n) is 12.3. The van der Waals surface area contributed by atoms with Crippen LogP contribution in [-0.4, -0.2) is 20.2 Å². The van der Waals surface area contributed by atoms with Gasteiger partial charge >= 0.3 is 0 Å². The summed E-state index contributed by atoms with van der Waals surface area (Å²) >= 11 is 0. The first-order chi connectivity index (χ1) is 10.8. The standard InChI is InChI=1S/C19H16O3/c1-21-13-22-19-16(12-20)11-10-15-8-5-9-17(18(15)19)14-6-3-2-4-7-14/h2-12H,13H2,1H3. The van der Waals surface area contributed by atoms with Crippen molar-refractivity contribution in [2.45, 2.75) is 0 Å². The molecule has 0 bridgehead atoms. The number of methoxy groups -OCH3 is 1. The molecule has 0 saturated heterocycles. The van der Waals surface area contributed by atoms with Crippen LogP contribution in [0.1, 0.15) is 10.4 Å². The lowest BCUT2D eigenvalue weighted by molar-refractivity contribution is 0.0517. The van der Waals surface area contributed by atoms with Crippen molar-refractivity contribution in [1.82, 2.24) is 0 Å². The van der Waals surface area contributed by atoms with Crippen molar-refractivity contribution in [1.29, 1.82) is 0 Å². The Morgan fingerprint density at radius 3 is 2.50 bits per heavy atom. The Labute approximate surface area is 129 Å². The number of carbonyl (C=O) groups excluding carboxylic acids is 1. The number of rotatable bonds is 5. The number of hydrogen-bond acceptors (Lipinski definition) is 3. The van der Waals surface area contributed by atoms with E-state index < -0.39 is 0 Å². The van der Waals surface area contributed by atoms with E-state index in [0.29, 0.717) is 11.3 Å². The summed E-state index contributed by atoms with van der Waals surface area (Å²) in [6, 6.07) is 19.8. The van der Waals surface area contributed by atoms with E-state index in [4.69, 9.17) is 9.47 Å². The summed E-state index contributed by atoms with van der Waals surface area (Å²) < 4.78 is 10.7. The summed E-state index contributed by atoms with van der Waals surface area (Å²) in [7, 11) is 1.56. The molecule has 0 aliphatic carbocycles. The minimum atomic E-state index is 0.100. The minimum Gasteiger partial charge on any atom is -0.466 e. The highest BCUT2D eigenvalue weighted by Crippen LogP contribution is 2.37. The molecule has 3 rings (SSSR count). The Morgan fingerprint density at radius 2 is 1.77 bits per heavy atom. The summed E-state index contributed by atoms with van der Waals surface area (Å²) in [6.07, 6.45) is 0.812. The number of benzene rings is 3. The van der Waals surface area contributed by atoms with Crippen LogP contribution in [0.25, 0.3) is 21.9 Å². The SMILES string of the molecule is COCOc1c(C=O)ccc2cccc(-c3ccccc3)c12. The zero-order chi connectivity index (χ0) is 15.4. The van der Waals surface area contributed by atoms with Gasteiger partial charge in [0.05, 0.1) is 5.56 Å². The molecule has 0 radical (unpaired) electrons. The van der Waals surface area contributed by atoms with Gasteiger partial charge < -0.3 is 9.47 Å². The fourth-order valence-corrected chi connectivity index (χ4v) is 2.59. The largest absolute Gasteiger partial charge is 0.466 e. The maximum absolute atomic E-state index is 11.4. The molecule has 3 heteroatoms. The van der Waals surface area contributed by atoms with Crippen LogP contribution in [0.5, 0.6) is 5.75 Å². The average molecular weight is 292 g/mol. The topological polar surface area (TPSA) is 35.5 Å². The zero-order valence-corrected chi connectivity index (χ0v) is 12.3. The van der Waals surface area contributed by atoms with E-state index in [9.17, 15) is 4.79 Å². The van der Waals surface area contributed by atoms with Gasteiger partial charge in [-0.1, -0.05) is 54.6 Å². The third-order valence-corrected chi connectivity index (χ3v) is 3.56. The first kappa shape index (κ1) is 14.3. The molecule has 0 aliphatic heterocycles. The van der Waals surface area contributed by atoms with Gasteiger partial charge in [-0.2, -0.15) is 0 Å². The van der Waals surface area contributed by atoms with Gasteiger partial charge in [0.1, 0.15) is 5.75 Å². The molecule has 3 nitrogen and oxygen atoms in total. The molecule has 0 heterocycles. The molecule has 0 spiro atoms. The second-order valence-electron chi connectivity index (χ2n) is 4.92. The van der Waals surface area contributed by atoms with Gasteiger partial charge in [-0.25, -0.2) is 0 Å². The average Bonchev–Trinajstić information content (AvgIpc) is 2.59. The molecule has 0 unspecified atom stereocenters. The normalized spacial score (nSPS) is 10.6. The summed E-state index contributed by atoms with van der Waals surface area (Å²) in [5.74, 6) is 0.564. The Hall–Kier alpha value is -2.65. The van der Waals surface area contributed by atoms with Gasteiger partial charge in [0.2, 0.25) is 0 Å². The Bertz CT molecular complexity index is 794. The second kappa shape index (κ2) is 6.41. The van der Waals surface area contributed by atoms with Gasteiger partial charge in [-0.05, 0) is 22.6 Å². The number of carbonyl (C=O) groups is 1. The van der Waals surface area contributed by atoms with E-state index in [1.165, 1.54) is 0 Å². The van der Waals surface area contributed by atoms with Crippen LogP contribution >= 0.6 is 0 Å². The molecule has 0 atom stereocenters. The van der Waals surface area contributed by atoms with Crippen molar-refractivity contribution in [2.75, 3.05) is 13.9 Å². The molecule has 0 N–H and O–H groups in total. The van der Waals surface area contributed by atoms with Gasteiger partial charge in [0.25, 0.3) is 0 Å². The van der Waals surface area contributed by atoms with Crippen LogP contribution in [-0.2, 0) is 4.74 Å². The lowest BCUT2D eigenvalue weighted by Gasteiger charge is -2.14. The van der Waals surface area contributed by atoms with Crippen molar-refractivity contribution < 1.29 is 14.3 Å². The molecular formula is C19H16O3. The highest BCUT2D eigenvalue weighted by molar-refractivity contribution is 6.04. The van der Waals surface area contributed by atoms with Crippen molar-refractivity contribution in [3.05, 3.63) is 66.2 Å². The predicted molar refractivity (Wildman–Crippen MR) is 87.3 cm³/mol. The van der Waals surface area contributed by atoms with Crippen LogP contribution in [0.3, 0.4) is 0 Å². The molecule has 0 amide bonds. The van der Waals surface area contributed by atoms with E-state index in [2.05, 4.69) is 0 Å². The summed E-state index contributed by atoms with van der Waals surface area (Å²) in [4.78, 5) is 11.4. The monoisotopic (exact) mass is 292 g/mol. The Kier molecular flexibility index (Phi) is 4.17. The molecule has 3 aromatic carbocycles. The molecule has 22 heavy (non-hydrogen) atoms. The predicted octanol–water partition coefficient (Wildman–Crippen LogP) is 4.30. The summed E-state index contributed by atoms with van der Waals surface area (Å²) in [6.45, 7) is 0.100. The molecule has 0 saturated carbocycles. The Balaban J connectivity index is 2.31. The molecular weight excluding hydrogens is 276 g/mol. The van der Waals surface area contributed by atoms with Crippen LogP contribution < -0.4 is 4.74 Å². The van der Waals surface area contributed by atoms with E-state index >= 15 is 0 Å². The maximum atomic E-state index is 11.4. The fourth-order valence-electron chi connectivity index (χ4n) is 2.59. The second-order valence-corrected chi connectivity index (χ2v) is 4.92. The van der Waals surface area contributed by atoms with Gasteiger partial charge in [-0.3, -0.25) is 4.79 Å². The van der Waals surface area contributed by atoms with E-state index in [0.717, 1.165) is 28.2 Å². The highest BCUT2D eigenvalue weighted by Gasteiger charge is 2.13. The van der Waals surface area contributed by atoms with Crippen LogP contribution in [0, 0.1) is 0 Å². The Morgan fingerprint density at radius 1 is 0.955 bits per heavy atom. The number of ether oxygens (including phenoxy) is 2. The fraction of sp³-hybridized carbons (Fsp3) is 0.105. The summed E-state index contributed by atoms with van der Waals surface area (Å²) in [5, 5.41) is 1.95.